The minimum Gasteiger partial charge on any atom is -0.460 e. The van der Waals surface area contributed by atoms with Crippen molar-refractivity contribution >= 4 is 17.1 Å². The van der Waals surface area contributed by atoms with E-state index in [4.69, 9.17) is 14.9 Å². The number of rotatable bonds is 4. The van der Waals surface area contributed by atoms with Gasteiger partial charge in [0.1, 0.15) is 17.2 Å². The minimum atomic E-state index is -1.16. The molecule has 1 heterocycles. The molecule has 2 atom stereocenters. The number of oxazole rings is 1. The van der Waals surface area contributed by atoms with E-state index in [9.17, 15) is 9.90 Å². The molecule has 1 aromatic heterocycles. The summed E-state index contributed by atoms with van der Waals surface area (Å²) in [5, 5.41) is 10.1. The van der Waals surface area contributed by atoms with Crippen molar-refractivity contribution in [3.05, 3.63) is 30.2 Å². The number of ether oxygens (including phenoxy) is 1. The summed E-state index contributed by atoms with van der Waals surface area (Å²) < 4.78 is 10.6. The Morgan fingerprint density at radius 3 is 2.71 bits per heavy atom. The fourth-order valence-electron chi connectivity index (χ4n) is 1.89. The molecule has 0 aliphatic heterocycles. The Morgan fingerprint density at radius 2 is 2.10 bits per heavy atom. The van der Waals surface area contributed by atoms with Gasteiger partial charge in [0, 0.05) is 6.04 Å². The van der Waals surface area contributed by atoms with Crippen LogP contribution in [0.2, 0.25) is 0 Å². The smallest absolute Gasteiger partial charge is 0.307 e. The summed E-state index contributed by atoms with van der Waals surface area (Å²) in [6.07, 6.45) is -1.28. The lowest BCUT2D eigenvalue weighted by Crippen LogP contribution is -2.34. The molecule has 0 spiro atoms. The fourth-order valence-corrected chi connectivity index (χ4v) is 1.89. The van der Waals surface area contributed by atoms with E-state index in [2.05, 4.69) is 4.98 Å². The first kappa shape index (κ1) is 15.5. The second-order valence-electron chi connectivity index (χ2n) is 5.92. The Labute approximate surface area is 122 Å². The molecule has 0 saturated heterocycles. The highest BCUT2D eigenvalue weighted by atomic mass is 16.6. The lowest BCUT2D eigenvalue weighted by atomic mass is 10.1. The lowest BCUT2D eigenvalue weighted by Gasteiger charge is -2.21. The van der Waals surface area contributed by atoms with Crippen LogP contribution in [0.1, 0.15) is 39.2 Å². The van der Waals surface area contributed by atoms with E-state index in [1.165, 1.54) is 0 Å². The number of carbonyl (C=O) groups is 1. The van der Waals surface area contributed by atoms with E-state index in [0.717, 1.165) is 0 Å². The number of hydrogen-bond acceptors (Lipinski definition) is 6. The van der Waals surface area contributed by atoms with Crippen LogP contribution < -0.4 is 5.73 Å². The number of aliphatic hydroxyl groups is 1. The summed E-state index contributed by atoms with van der Waals surface area (Å²) in [4.78, 5) is 15.9. The first-order valence-electron chi connectivity index (χ1n) is 6.77. The summed E-state index contributed by atoms with van der Waals surface area (Å²) in [5.74, 6) is -0.364. The summed E-state index contributed by atoms with van der Waals surface area (Å²) in [6, 6.07) is 6.31. The van der Waals surface area contributed by atoms with Crippen molar-refractivity contribution in [1.29, 1.82) is 0 Å². The van der Waals surface area contributed by atoms with Gasteiger partial charge in [-0.2, -0.15) is 0 Å². The second kappa shape index (κ2) is 5.83. The van der Waals surface area contributed by atoms with E-state index in [1.54, 1.807) is 32.9 Å². The van der Waals surface area contributed by atoms with E-state index in [-0.39, 0.29) is 12.3 Å². The number of para-hydroxylation sites is 2. The molecule has 6 nitrogen and oxygen atoms in total. The van der Waals surface area contributed by atoms with Crippen LogP contribution >= 0.6 is 0 Å². The third-order valence-electron chi connectivity index (χ3n) is 2.79. The van der Waals surface area contributed by atoms with Crippen LogP contribution in [-0.2, 0) is 9.53 Å². The molecular formula is C15H20N2O4. The number of hydrogen-bond donors (Lipinski definition) is 2. The van der Waals surface area contributed by atoms with Crippen molar-refractivity contribution in [2.45, 2.75) is 44.9 Å². The Kier molecular flexibility index (Phi) is 4.29. The van der Waals surface area contributed by atoms with Crippen LogP contribution in [-0.4, -0.2) is 27.7 Å². The molecular weight excluding hydrogens is 272 g/mol. The summed E-state index contributed by atoms with van der Waals surface area (Å²) in [7, 11) is 0. The number of fused-ring (bicyclic) bond motifs is 1. The third-order valence-corrected chi connectivity index (χ3v) is 2.79. The first-order chi connectivity index (χ1) is 9.76. The average molecular weight is 292 g/mol. The Bertz CT molecular complexity index is 597. The highest BCUT2D eigenvalue weighted by Gasteiger charge is 2.27. The SMILES string of the molecule is CC(C)(C)OC(=O)C[C@@H](N)C(O)c1nc2ccccc2o1. The van der Waals surface area contributed by atoms with Gasteiger partial charge in [0.15, 0.2) is 5.58 Å². The first-order valence-corrected chi connectivity index (χ1v) is 6.77. The minimum absolute atomic E-state index is 0.104. The van der Waals surface area contributed by atoms with E-state index in [1.807, 2.05) is 12.1 Å². The zero-order chi connectivity index (χ0) is 15.6. The van der Waals surface area contributed by atoms with Crippen LogP contribution in [0.5, 0.6) is 0 Å². The molecule has 1 aromatic carbocycles. The number of aromatic nitrogens is 1. The quantitative estimate of drug-likeness (QED) is 0.835. The topological polar surface area (TPSA) is 98.6 Å². The maximum absolute atomic E-state index is 11.7. The van der Waals surface area contributed by atoms with Gasteiger partial charge >= 0.3 is 5.97 Å². The molecule has 21 heavy (non-hydrogen) atoms. The van der Waals surface area contributed by atoms with Crippen molar-refractivity contribution in [1.82, 2.24) is 4.98 Å². The molecule has 0 radical (unpaired) electrons. The van der Waals surface area contributed by atoms with Crippen molar-refractivity contribution in [2.75, 3.05) is 0 Å². The predicted octanol–water partition coefficient (Wildman–Crippen LogP) is 1.92. The van der Waals surface area contributed by atoms with Crippen molar-refractivity contribution in [3.8, 4) is 0 Å². The van der Waals surface area contributed by atoms with Gasteiger partial charge in [0.05, 0.1) is 6.42 Å². The Balaban J connectivity index is 2.05. The predicted molar refractivity (Wildman–Crippen MR) is 77.4 cm³/mol. The lowest BCUT2D eigenvalue weighted by molar-refractivity contribution is -0.156. The largest absolute Gasteiger partial charge is 0.460 e. The second-order valence-corrected chi connectivity index (χ2v) is 5.92. The number of nitrogens with two attached hydrogens (primary N) is 1. The Morgan fingerprint density at radius 1 is 1.43 bits per heavy atom. The molecule has 0 amide bonds. The van der Waals surface area contributed by atoms with Crippen molar-refractivity contribution in [2.24, 2.45) is 5.73 Å². The molecule has 1 unspecified atom stereocenters. The maximum atomic E-state index is 11.7. The van der Waals surface area contributed by atoms with Gasteiger partial charge in [-0.3, -0.25) is 4.79 Å². The summed E-state index contributed by atoms with van der Waals surface area (Å²) in [6.45, 7) is 5.31. The monoisotopic (exact) mass is 292 g/mol. The van der Waals surface area contributed by atoms with Crippen LogP contribution in [0.3, 0.4) is 0 Å². The number of carbonyl (C=O) groups excluding carboxylic acids is 1. The van der Waals surface area contributed by atoms with Crippen LogP contribution in [0.25, 0.3) is 11.1 Å². The van der Waals surface area contributed by atoms with Crippen LogP contribution in [0.4, 0.5) is 0 Å². The highest BCUT2D eigenvalue weighted by Crippen LogP contribution is 2.23. The van der Waals surface area contributed by atoms with Gasteiger partial charge in [-0.1, -0.05) is 12.1 Å². The van der Waals surface area contributed by atoms with Gasteiger partial charge in [0.2, 0.25) is 5.89 Å². The van der Waals surface area contributed by atoms with Gasteiger partial charge < -0.3 is 20.0 Å². The van der Waals surface area contributed by atoms with Gasteiger partial charge in [-0.25, -0.2) is 4.98 Å². The molecule has 6 heteroatoms. The number of nitrogens with zero attached hydrogens (tertiary/aromatic N) is 1. The van der Waals surface area contributed by atoms with Gasteiger partial charge in [0.25, 0.3) is 0 Å². The maximum Gasteiger partial charge on any atom is 0.307 e. The van der Waals surface area contributed by atoms with Crippen molar-refractivity contribution < 1.29 is 19.1 Å². The number of benzene rings is 1. The molecule has 0 aliphatic carbocycles. The molecule has 2 rings (SSSR count). The molecule has 114 valence electrons. The molecule has 0 bridgehead atoms. The highest BCUT2D eigenvalue weighted by molar-refractivity contribution is 5.72. The van der Waals surface area contributed by atoms with Crippen LogP contribution in [0, 0.1) is 0 Å². The van der Waals surface area contributed by atoms with Crippen LogP contribution in [0.15, 0.2) is 28.7 Å². The van der Waals surface area contributed by atoms with E-state index in [0.29, 0.717) is 11.1 Å². The molecule has 3 N–H and O–H groups in total. The van der Waals surface area contributed by atoms with Gasteiger partial charge in [-0.05, 0) is 32.9 Å². The zero-order valence-electron chi connectivity index (χ0n) is 12.4. The fraction of sp³-hybridized carbons (Fsp3) is 0.467. The third kappa shape index (κ3) is 4.03. The molecule has 0 saturated carbocycles. The van der Waals surface area contributed by atoms with E-state index < -0.39 is 23.7 Å². The number of aliphatic hydroxyl groups excluding tert-OH is 1. The summed E-state index contributed by atoms with van der Waals surface area (Å²) in [5.41, 5.74) is 6.46. The number of esters is 1. The molecule has 0 fully saturated rings. The summed E-state index contributed by atoms with van der Waals surface area (Å²) >= 11 is 0. The zero-order valence-corrected chi connectivity index (χ0v) is 12.4. The Hall–Kier alpha value is -1.92. The average Bonchev–Trinajstić information content (AvgIpc) is 2.78. The molecule has 2 aromatic rings. The van der Waals surface area contributed by atoms with Crippen molar-refractivity contribution in [3.63, 3.8) is 0 Å². The van der Waals surface area contributed by atoms with Gasteiger partial charge in [-0.15, -0.1) is 0 Å². The van der Waals surface area contributed by atoms with E-state index >= 15 is 0 Å². The molecule has 0 aliphatic rings. The normalized spacial score (nSPS) is 14.9. The standard InChI is InChI=1S/C15H20N2O4/c1-15(2,3)21-12(18)8-9(16)13(19)14-17-10-6-4-5-7-11(10)20-14/h4-7,9,13,19H,8,16H2,1-3H3/t9-,13?/m1/s1.